The molecule has 0 fully saturated rings. The molecule has 2 aromatic carbocycles. The van der Waals surface area contributed by atoms with Gasteiger partial charge >= 0.3 is 0 Å². The number of hydrogen-bond donors (Lipinski definition) is 0. The molecule has 2 rings (SSSR count). The van der Waals surface area contributed by atoms with Crippen molar-refractivity contribution in [3.05, 3.63) is 54.6 Å². The van der Waals surface area contributed by atoms with Crippen LogP contribution >= 0.6 is 0 Å². The lowest BCUT2D eigenvalue weighted by Crippen LogP contribution is -1.92. The summed E-state index contributed by atoms with van der Waals surface area (Å²) in [5, 5.41) is 0. The van der Waals surface area contributed by atoms with Crippen LogP contribution in [0.5, 0.6) is 5.75 Å². The van der Waals surface area contributed by atoms with Crippen LogP contribution in [-0.2, 0) is 0 Å². The fraction of sp³-hybridized carbons (Fsp3) is 0.0769. The van der Waals surface area contributed by atoms with Crippen molar-refractivity contribution in [1.29, 1.82) is 0 Å². The van der Waals surface area contributed by atoms with Gasteiger partial charge in [0.05, 0.1) is 0 Å². The summed E-state index contributed by atoms with van der Waals surface area (Å²) in [6, 6.07) is 18.0. The third kappa shape index (κ3) is 2.15. The first-order valence-corrected chi connectivity index (χ1v) is 4.66. The third-order valence-corrected chi connectivity index (χ3v) is 2.10. The molecule has 75 valence electrons. The molecule has 1 nitrogen and oxygen atoms in total. The second-order valence-electron chi connectivity index (χ2n) is 3.03. The molecule has 0 heterocycles. The Bertz CT molecular complexity index is 426. The van der Waals surface area contributed by atoms with Crippen molar-refractivity contribution in [3.8, 4) is 16.9 Å². The molecule has 0 aliphatic carbocycles. The summed E-state index contributed by atoms with van der Waals surface area (Å²) in [6.07, 6.45) is 0. The number of hydrogen-bond acceptors (Lipinski definition) is 1. The molecule has 0 saturated carbocycles. The first-order chi connectivity index (χ1) is 7.42. The molecule has 0 bridgehead atoms. The second-order valence-corrected chi connectivity index (χ2v) is 3.03. The lowest BCUT2D eigenvalue weighted by atomic mass is 10.1. The Balaban J connectivity index is 2.43. The Labute approximate surface area is 88.1 Å². The molecule has 0 unspecified atom stereocenters. The normalized spacial score (nSPS) is 9.93. The van der Waals surface area contributed by atoms with Crippen LogP contribution in [0.1, 0.15) is 0 Å². The summed E-state index contributed by atoms with van der Waals surface area (Å²) in [4.78, 5) is 0. The maximum absolute atomic E-state index is 12.1. The Morgan fingerprint density at radius 2 is 1.87 bits per heavy atom. The Hall–Kier alpha value is -1.83. The van der Waals surface area contributed by atoms with E-state index in [4.69, 9.17) is 4.74 Å². The topological polar surface area (TPSA) is 9.23 Å². The minimum absolute atomic E-state index is 0.544. The van der Waals surface area contributed by atoms with Gasteiger partial charge in [-0.25, -0.2) is 4.39 Å². The lowest BCUT2D eigenvalue weighted by molar-refractivity contribution is 0.192. The number of para-hydroxylation sites is 1. The number of benzene rings is 2. The summed E-state index contributed by atoms with van der Waals surface area (Å²) in [7, 11) is 0. The minimum Gasteiger partial charge on any atom is -0.462 e. The van der Waals surface area contributed by atoms with E-state index in [9.17, 15) is 4.39 Å². The fourth-order valence-electron chi connectivity index (χ4n) is 1.43. The Morgan fingerprint density at radius 1 is 1.07 bits per heavy atom. The van der Waals surface area contributed by atoms with E-state index in [1.54, 1.807) is 6.07 Å². The van der Waals surface area contributed by atoms with Crippen molar-refractivity contribution in [2.45, 2.75) is 0 Å². The molecule has 0 aromatic heterocycles. The van der Waals surface area contributed by atoms with Gasteiger partial charge in [-0.2, -0.15) is 0 Å². The van der Waals surface area contributed by atoms with Crippen molar-refractivity contribution >= 4 is 0 Å². The van der Waals surface area contributed by atoms with Crippen molar-refractivity contribution in [2.75, 3.05) is 6.86 Å². The lowest BCUT2D eigenvalue weighted by Gasteiger charge is -2.08. The van der Waals surface area contributed by atoms with Crippen LogP contribution in [0.4, 0.5) is 4.39 Å². The van der Waals surface area contributed by atoms with Gasteiger partial charge in [-0.15, -0.1) is 0 Å². The quantitative estimate of drug-likeness (QED) is 0.738. The van der Waals surface area contributed by atoms with Crippen molar-refractivity contribution in [1.82, 2.24) is 0 Å². The molecule has 1 radical (unpaired) electrons. The van der Waals surface area contributed by atoms with Crippen LogP contribution in [0.2, 0.25) is 0 Å². The van der Waals surface area contributed by atoms with Crippen LogP contribution in [0.25, 0.3) is 11.1 Å². The predicted molar refractivity (Wildman–Crippen MR) is 57.3 cm³/mol. The predicted octanol–water partition coefficient (Wildman–Crippen LogP) is 3.46. The zero-order chi connectivity index (χ0) is 10.5. The van der Waals surface area contributed by atoms with Crippen LogP contribution in [0, 0.1) is 6.07 Å². The number of ether oxygens (including phenoxy) is 1. The number of alkyl halides is 1. The van der Waals surface area contributed by atoms with Gasteiger partial charge in [-0.3, -0.25) is 0 Å². The molecule has 0 atom stereocenters. The molecule has 0 aliphatic rings. The number of rotatable bonds is 3. The van der Waals surface area contributed by atoms with E-state index in [1.807, 2.05) is 42.5 Å². The summed E-state index contributed by atoms with van der Waals surface area (Å²) in [6.45, 7) is -0.816. The molecule has 0 saturated heterocycles. The van der Waals surface area contributed by atoms with E-state index >= 15 is 0 Å². The van der Waals surface area contributed by atoms with E-state index in [0.29, 0.717) is 5.75 Å². The third-order valence-electron chi connectivity index (χ3n) is 2.10. The smallest absolute Gasteiger partial charge is 0.228 e. The number of halogens is 1. The zero-order valence-corrected chi connectivity index (χ0v) is 8.11. The van der Waals surface area contributed by atoms with Crippen LogP contribution in [0.15, 0.2) is 48.5 Å². The average Bonchev–Trinajstić information content (AvgIpc) is 2.31. The van der Waals surface area contributed by atoms with Crippen molar-refractivity contribution in [2.24, 2.45) is 0 Å². The van der Waals surface area contributed by atoms with Crippen molar-refractivity contribution < 1.29 is 9.13 Å². The summed E-state index contributed by atoms with van der Waals surface area (Å²) >= 11 is 0. The first-order valence-electron chi connectivity index (χ1n) is 4.66. The highest BCUT2D eigenvalue weighted by Crippen LogP contribution is 2.28. The zero-order valence-electron chi connectivity index (χ0n) is 8.11. The average molecular weight is 201 g/mol. The second kappa shape index (κ2) is 4.60. The molecule has 0 spiro atoms. The fourth-order valence-corrected chi connectivity index (χ4v) is 1.43. The maximum atomic E-state index is 12.1. The highest BCUT2D eigenvalue weighted by Gasteiger charge is 2.04. The van der Waals surface area contributed by atoms with Crippen LogP contribution < -0.4 is 4.74 Å². The summed E-state index contributed by atoms with van der Waals surface area (Å²) < 4.78 is 17.0. The van der Waals surface area contributed by atoms with Gasteiger partial charge in [0.1, 0.15) is 5.75 Å². The van der Waals surface area contributed by atoms with Gasteiger partial charge in [0.2, 0.25) is 6.86 Å². The summed E-state index contributed by atoms with van der Waals surface area (Å²) in [5.74, 6) is 0.544. The molecule has 2 aromatic rings. The highest BCUT2D eigenvalue weighted by molar-refractivity contribution is 5.69. The van der Waals surface area contributed by atoms with Gasteiger partial charge in [0.25, 0.3) is 0 Å². The molecule has 0 amide bonds. The Morgan fingerprint density at radius 3 is 2.60 bits per heavy atom. The summed E-state index contributed by atoms with van der Waals surface area (Å²) in [5.41, 5.74) is 1.76. The monoisotopic (exact) mass is 201 g/mol. The van der Waals surface area contributed by atoms with Crippen molar-refractivity contribution in [3.63, 3.8) is 0 Å². The minimum atomic E-state index is -0.816. The van der Waals surface area contributed by atoms with E-state index < -0.39 is 6.86 Å². The largest absolute Gasteiger partial charge is 0.462 e. The maximum Gasteiger partial charge on any atom is 0.228 e. The van der Waals surface area contributed by atoms with Gasteiger partial charge in [0.15, 0.2) is 0 Å². The molecule has 15 heavy (non-hydrogen) atoms. The van der Waals surface area contributed by atoms with Gasteiger partial charge < -0.3 is 4.74 Å². The van der Waals surface area contributed by atoms with E-state index in [1.165, 1.54) is 0 Å². The SMILES string of the molecule is FCOc1ccccc1-c1[c]cccc1. The Kier molecular flexibility index (Phi) is 2.98. The molecule has 2 heteroatoms. The van der Waals surface area contributed by atoms with Crippen LogP contribution in [0.3, 0.4) is 0 Å². The molecular formula is C13H10FO. The standard InChI is InChI=1S/C13H10FO/c14-10-15-13-9-5-4-8-12(13)11-6-2-1-3-7-11/h1-6,8-9H,10H2. The van der Waals surface area contributed by atoms with E-state index in [-0.39, 0.29) is 0 Å². The van der Waals surface area contributed by atoms with Gasteiger partial charge in [-0.1, -0.05) is 42.5 Å². The molecule has 0 aliphatic heterocycles. The molecular weight excluding hydrogens is 191 g/mol. The van der Waals surface area contributed by atoms with Crippen LogP contribution in [-0.4, -0.2) is 6.86 Å². The van der Waals surface area contributed by atoms with Gasteiger partial charge in [-0.05, 0) is 17.7 Å². The highest BCUT2D eigenvalue weighted by atomic mass is 19.1. The van der Waals surface area contributed by atoms with Gasteiger partial charge in [0, 0.05) is 5.56 Å². The van der Waals surface area contributed by atoms with E-state index in [2.05, 4.69) is 6.07 Å². The first kappa shape index (κ1) is 9.71. The van der Waals surface area contributed by atoms with E-state index in [0.717, 1.165) is 11.1 Å². The molecule has 0 N–H and O–H groups in total.